The average molecular weight is 492 g/mol. The molecule has 4 rings (SSSR count). The first-order chi connectivity index (χ1) is 16.6. The summed E-state index contributed by atoms with van der Waals surface area (Å²) >= 11 is 0. The number of halogens is 3. The van der Waals surface area contributed by atoms with Gasteiger partial charge in [0.2, 0.25) is 5.91 Å². The Kier molecular flexibility index (Phi) is 6.88. The lowest BCUT2D eigenvalue weighted by Crippen LogP contribution is -2.48. The summed E-state index contributed by atoms with van der Waals surface area (Å²) in [6, 6.07) is 1.97. The van der Waals surface area contributed by atoms with Gasteiger partial charge >= 0.3 is 12.2 Å². The van der Waals surface area contributed by atoms with Gasteiger partial charge in [-0.2, -0.15) is 13.2 Å². The number of rotatable bonds is 7. The molecule has 2 N–H and O–H groups in total. The zero-order chi connectivity index (χ0) is 25.3. The normalized spacial score (nSPS) is 23.3. The summed E-state index contributed by atoms with van der Waals surface area (Å²) in [5.41, 5.74) is -0.894. The molecule has 0 unspecified atom stereocenters. The van der Waals surface area contributed by atoms with Gasteiger partial charge < -0.3 is 20.3 Å². The third-order valence-corrected chi connectivity index (χ3v) is 6.51. The SMILES string of the molecule is C=CCN1C(=O)N[C@H](c2ccccc2C(F)(F)F)C2=C1CN([C@H](C)C(=O)NC[C@H]1CCCO1)C2=O. The van der Waals surface area contributed by atoms with Crippen LogP contribution in [0.2, 0.25) is 0 Å². The monoisotopic (exact) mass is 492 g/mol. The van der Waals surface area contributed by atoms with Crippen LogP contribution in [0.3, 0.4) is 0 Å². The number of hydrogen-bond acceptors (Lipinski definition) is 4. The van der Waals surface area contributed by atoms with Crippen molar-refractivity contribution < 1.29 is 32.3 Å². The second-order valence-electron chi connectivity index (χ2n) is 8.72. The lowest BCUT2D eigenvalue weighted by molar-refractivity contribution is -0.138. The van der Waals surface area contributed by atoms with Crippen molar-refractivity contribution in [2.24, 2.45) is 0 Å². The van der Waals surface area contributed by atoms with Gasteiger partial charge in [0.05, 0.1) is 35.5 Å². The van der Waals surface area contributed by atoms with Crippen molar-refractivity contribution in [2.45, 2.75) is 44.1 Å². The number of carbonyl (C=O) groups excluding carboxylic acids is 3. The summed E-state index contributed by atoms with van der Waals surface area (Å²) in [6.45, 7) is 6.08. The van der Waals surface area contributed by atoms with E-state index in [2.05, 4.69) is 17.2 Å². The van der Waals surface area contributed by atoms with Crippen molar-refractivity contribution in [3.8, 4) is 0 Å². The van der Waals surface area contributed by atoms with Crippen LogP contribution < -0.4 is 10.6 Å². The fourth-order valence-electron chi connectivity index (χ4n) is 4.70. The largest absolute Gasteiger partial charge is 0.416 e. The molecule has 0 aliphatic carbocycles. The molecule has 0 saturated carbocycles. The first-order valence-corrected chi connectivity index (χ1v) is 11.4. The van der Waals surface area contributed by atoms with E-state index >= 15 is 0 Å². The molecule has 188 valence electrons. The van der Waals surface area contributed by atoms with Crippen LogP contribution in [0.1, 0.15) is 36.9 Å². The Labute approximate surface area is 200 Å². The van der Waals surface area contributed by atoms with E-state index in [4.69, 9.17) is 4.74 Å². The van der Waals surface area contributed by atoms with Crippen molar-refractivity contribution >= 4 is 17.8 Å². The highest BCUT2D eigenvalue weighted by atomic mass is 19.4. The highest BCUT2D eigenvalue weighted by molar-refractivity contribution is 6.03. The van der Waals surface area contributed by atoms with Crippen LogP contribution in [-0.4, -0.2) is 66.0 Å². The molecule has 1 aromatic carbocycles. The van der Waals surface area contributed by atoms with Gasteiger partial charge in [-0.1, -0.05) is 24.3 Å². The molecule has 1 aromatic rings. The lowest BCUT2D eigenvalue weighted by atomic mass is 9.91. The van der Waals surface area contributed by atoms with Crippen LogP contribution >= 0.6 is 0 Å². The molecular weight excluding hydrogens is 465 g/mol. The molecule has 0 spiro atoms. The maximum atomic E-state index is 13.8. The van der Waals surface area contributed by atoms with E-state index < -0.39 is 41.7 Å². The average Bonchev–Trinajstić information content (AvgIpc) is 3.46. The predicted octanol–water partition coefficient (Wildman–Crippen LogP) is 2.74. The molecule has 35 heavy (non-hydrogen) atoms. The summed E-state index contributed by atoms with van der Waals surface area (Å²) < 4.78 is 46.8. The smallest absolute Gasteiger partial charge is 0.376 e. The third-order valence-electron chi connectivity index (χ3n) is 6.51. The molecule has 1 fully saturated rings. The minimum atomic E-state index is -4.68. The molecule has 0 bridgehead atoms. The first-order valence-electron chi connectivity index (χ1n) is 11.4. The molecule has 4 amide bonds. The predicted molar refractivity (Wildman–Crippen MR) is 120 cm³/mol. The van der Waals surface area contributed by atoms with Crippen LogP contribution in [0.5, 0.6) is 0 Å². The Morgan fingerprint density at radius 3 is 2.74 bits per heavy atom. The van der Waals surface area contributed by atoms with E-state index in [1.807, 2.05) is 0 Å². The molecule has 3 atom stereocenters. The standard InChI is InChI=1S/C24H27F3N4O4/c1-3-10-30-18-13-31(14(2)21(32)28-12-15-7-6-11-35-15)22(33)19(18)20(29-23(30)34)16-8-4-5-9-17(16)24(25,26)27/h3-5,8-9,14-15,20H,1,6-7,10-13H2,2H3,(H,28,32)(H,29,34)/t14-,15-,20-/m1/s1. The molecule has 3 aliphatic heterocycles. The molecule has 0 aromatic heterocycles. The van der Waals surface area contributed by atoms with Crippen molar-refractivity contribution in [2.75, 3.05) is 26.2 Å². The van der Waals surface area contributed by atoms with Crippen LogP contribution in [-0.2, 0) is 20.5 Å². The molecular formula is C24H27F3N4O4. The molecule has 1 saturated heterocycles. The summed E-state index contributed by atoms with van der Waals surface area (Å²) in [7, 11) is 0. The highest BCUT2D eigenvalue weighted by Gasteiger charge is 2.48. The number of benzene rings is 1. The Hall–Kier alpha value is -3.34. The number of carbonyl (C=O) groups is 3. The summed E-state index contributed by atoms with van der Waals surface area (Å²) in [4.78, 5) is 41.7. The first kappa shape index (κ1) is 24.8. The number of amides is 4. The third kappa shape index (κ3) is 4.77. The summed E-state index contributed by atoms with van der Waals surface area (Å²) in [6.07, 6.45) is -1.56. The second kappa shape index (κ2) is 9.73. The zero-order valence-corrected chi connectivity index (χ0v) is 19.2. The quantitative estimate of drug-likeness (QED) is 0.573. The van der Waals surface area contributed by atoms with E-state index in [-0.39, 0.29) is 36.0 Å². The van der Waals surface area contributed by atoms with Gasteiger partial charge in [-0.05, 0) is 31.4 Å². The summed E-state index contributed by atoms with van der Waals surface area (Å²) in [5, 5.41) is 5.33. The van der Waals surface area contributed by atoms with E-state index in [1.165, 1.54) is 34.1 Å². The molecule has 3 heterocycles. The van der Waals surface area contributed by atoms with Crippen molar-refractivity contribution in [3.05, 3.63) is 59.3 Å². The van der Waals surface area contributed by atoms with E-state index in [0.717, 1.165) is 18.9 Å². The minimum Gasteiger partial charge on any atom is -0.376 e. The van der Waals surface area contributed by atoms with Crippen LogP contribution in [0.15, 0.2) is 48.2 Å². The van der Waals surface area contributed by atoms with Crippen LogP contribution in [0.4, 0.5) is 18.0 Å². The van der Waals surface area contributed by atoms with Gasteiger partial charge in [0, 0.05) is 19.7 Å². The number of hydrogen-bond donors (Lipinski definition) is 2. The van der Waals surface area contributed by atoms with Crippen LogP contribution in [0, 0.1) is 0 Å². The van der Waals surface area contributed by atoms with Gasteiger partial charge in [0.1, 0.15) is 6.04 Å². The fraction of sp³-hybridized carbons (Fsp3) is 0.458. The van der Waals surface area contributed by atoms with Gasteiger partial charge in [-0.3, -0.25) is 14.5 Å². The molecule has 0 radical (unpaired) electrons. The van der Waals surface area contributed by atoms with Gasteiger partial charge in [0.25, 0.3) is 5.91 Å². The molecule has 3 aliphatic rings. The maximum Gasteiger partial charge on any atom is 0.416 e. The topological polar surface area (TPSA) is 91.0 Å². The fourth-order valence-corrected chi connectivity index (χ4v) is 4.70. The van der Waals surface area contributed by atoms with Gasteiger partial charge in [-0.25, -0.2) is 4.79 Å². The minimum absolute atomic E-state index is 0.0157. The highest BCUT2D eigenvalue weighted by Crippen LogP contribution is 2.41. The van der Waals surface area contributed by atoms with Crippen LogP contribution in [0.25, 0.3) is 0 Å². The Morgan fingerprint density at radius 1 is 1.34 bits per heavy atom. The Morgan fingerprint density at radius 2 is 2.09 bits per heavy atom. The second-order valence-corrected chi connectivity index (χ2v) is 8.72. The number of nitrogens with zero attached hydrogens (tertiary/aromatic N) is 2. The van der Waals surface area contributed by atoms with E-state index in [9.17, 15) is 27.6 Å². The maximum absolute atomic E-state index is 13.8. The number of nitrogens with one attached hydrogen (secondary N) is 2. The summed E-state index contributed by atoms with van der Waals surface area (Å²) in [5.74, 6) is -1.01. The zero-order valence-electron chi connectivity index (χ0n) is 19.2. The van der Waals surface area contributed by atoms with Crippen molar-refractivity contribution in [1.82, 2.24) is 20.4 Å². The number of alkyl halides is 3. The molecule has 8 nitrogen and oxygen atoms in total. The number of urea groups is 1. The van der Waals surface area contributed by atoms with Gasteiger partial charge in [-0.15, -0.1) is 6.58 Å². The Bertz CT molecular complexity index is 1070. The number of ether oxygens (including phenoxy) is 1. The molecule has 11 heteroatoms. The van der Waals surface area contributed by atoms with E-state index in [1.54, 1.807) is 6.92 Å². The van der Waals surface area contributed by atoms with E-state index in [0.29, 0.717) is 13.2 Å². The van der Waals surface area contributed by atoms with Crippen molar-refractivity contribution in [3.63, 3.8) is 0 Å². The van der Waals surface area contributed by atoms with Gasteiger partial charge in [0.15, 0.2) is 0 Å². The lowest BCUT2D eigenvalue weighted by Gasteiger charge is -2.33. The Balaban J connectivity index is 1.64. The van der Waals surface area contributed by atoms with Crippen molar-refractivity contribution in [1.29, 1.82) is 0 Å².